The Hall–Kier alpha value is -1.28. The molecule has 17 heavy (non-hydrogen) atoms. The lowest BCUT2D eigenvalue weighted by Gasteiger charge is -2.10. The molecule has 2 heteroatoms. The van der Waals surface area contributed by atoms with Gasteiger partial charge in [0.1, 0.15) is 12.4 Å². The van der Waals surface area contributed by atoms with Crippen molar-refractivity contribution in [2.24, 2.45) is 0 Å². The van der Waals surface area contributed by atoms with E-state index in [0.717, 1.165) is 30.8 Å². The fraction of sp³-hybridized carbons (Fsp3) is 0.467. The van der Waals surface area contributed by atoms with E-state index in [2.05, 4.69) is 50.9 Å². The van der Waals surface area contributed by atoms with Crippen LogP contribution in [0.1, 0.15) is 24.5 Å². The van der Waals surface area contributed by atoms with E-state index in [0.29, 0.717) is 6.61 Å². The van der Waals surface area contributed by atoms with Gasteiger partial charge in [-0.25, -0.2) is 0 Å². The Morgan fingerprint density at radius 2 is 1.88 bits per heavy atom. The van der Waals surface area contributed by atoms with E-state index in [9.17, 15) is 0 Å². The molecule has 0 spiro atoms. The third kappa shape index (κ3) is 5.55. The van der Waals surface area contributed by atoms with Gasteiger partial charge < -0.3 is 10.1 Å². The molecule has 0 fully saturated rings. The second-order valence-corrected chi connectivity index (χ2v) is 4.54. The molecule has 0 aliphatic rings. The first-order valence-electron chi connectivity index (χ1n) is 6.20. The largest absolute Gasteiger partial charge is 0.489 e. The van der Waals surface area contributed by atoms with Crippen molar-refractivity contribution in [2.75, 3.05) is 19.7 Å². The molecule has 0 atom stereocenters. The number of rotatable bonds is 7. The average molecular weight is 233 g/mol. The van der Waals surface area contributed by atoms with Crippen molar-refractivity contribution in [3.8, 4) is 5.75 Å². The Kier molecular flexibility index (Phi) is 5.78. The number of aryl methyl sites for hydroxylation is 2. The van der Waals surface area contributed by atoms with Crippen molar-refractivity contribution >= 4 is 0 Å². The highest BCUT2D eigenvalue weighted by molar-refractivity contribution is 5.33. The quantitative estimate of drug-likeness (QED) is 0.576. The maximum Gasteiger partial charge on any atom is 0.120 e. The fourth-order valence-electron chi connectivity index (χ4n) is 1.69. The Morgan fingerprint density at radius 1 is 1.24 bits per heavy atom. The summed E-state index contributed by atoms with van der Waals surface area (Å²) in [5.74, 6) is 0.930. The molecule has 1 aromatic rings. The third-order valence-electron chi connectivity index (χ3n) is 2.44. The Bertz CT molecular complexity index is 351. The number of ether oxygens (including phenoxy) is 1. The standard InChI is InChI=1S/C15H23NO/c1-5-6-16-10-14(4)11-17-15-8-12(2)7-13(3)9-15/h7-9,16H,4-6,10-11H2,1-3H3. The van der Waals surface area contributed by atoms with E-state index in [1.807, 2.05) is 0 Å². The van der Waals surface area contributed by atoms with Gasteiger partial charge in [0.05, 0.1) is 0 Å². The molecule has 1 N–H and O–H groups in total. The molecule has 0 aliphatic heterocycles. The zero-order valence-corrected chi connectivity index (χ0v) is 11.2. The first kappa shape index (κ1) is 13.8. The maximum absolute atomic E-state index is 5.72. The summed E-state index contributed by atoms with van der Waals surface area (Å²) in [6.07, 6.45) is 1.14. The first-order valence-corrected chi connectivity index (χ1v) is 6.20. The summed E-state index contributed by atoms with van der Waals surface area (Å²) in [7, 11) is 0. The molecule has 0 bridgehead atoms. The molecule has 0 saturated carbocycles. The topological polar surface area (TPSA) is 21.3 Å². The molecule has 1 rings (SSSR count). The molecule has 0 amide bonds. The molecule has 0 heterocycles. The lowest BCUT2D eigenvalue weighted by Crippen LogP contribution is -2.20. The maximum atomic E-state index is 5.72. The van der Waals surface area contributed by atoms with Crippen LogP contribution >= 0.6 is 0 Å². The van der Waals surface area contributed by atoms with Crippen LogP contribution in [0, 0.1) is 13.8 Å². The normalized spacial score (nSPS) is 10.3. The molecule has 0 saturated heterocycles. The van der Waals surface area contributed by atoms with Gasteiger partial charge in [0.15, 0.2) is 0 Å². The van der Waals surface area contributed by atoms with Crippen LogP contribution in [0.25, 0.3) is 0 Å². The number of hydrogen-bond acceptors (Lipinski definition) is 2. The predicted octanol–water partition coefficient (Wildman–Crippen LogP) is 3.24. The summed E-state index contributed by atoms with van der Waals surface area (Å²) in [6.45, 7) is 12.8. The average Bonchev–Trinajstić information content (AvgIpc) is 2.25. The van der Waals surface area contributed by atoms with Crippen molar-refractivity contribution in [2.45, 2.75) is 27.2 Å². The highest BCUT2D eigenvalue weighted by Crippen LogP contribution is 2.16. The minimum atomic E-state index is 0.583. The number of hydrogen-bond donors (Lipinski definition) is 1. The van der Waals surface area contributed by atoms with E-state index in [1.165, 1.54) is 11.1 Å². The summed E-state index contributed by atoms with van der Waals surface area (Å²) in [4.78, 5) is 0. The first-order chi connectivity index (χ1) is 8.11. The van der Waals surface area contributed by atoms with Crippen LogP contribution in [0.4, 0.5) is 0 Å². The van der Waals surface area contributed by atoms with E-state index in [4.69, 9.17) is 4.74 Å². The Morgan fingerprint density at radius 3 is 2.47 bits per heavy atom. The van der Waals surface area contributed by atoms with E-state index >= 15 is 0 Å². The number of benzene rings is 1. The van der Waals surface area contributed by atoms with Crippen LogP contribution in [0.5, 0.6) is 5.75 Å². The van der Waals surface area contributed by atoms with Crippen LogP contribution in [-0.4, -0.2) is 19.7 Å². The van der Waals surface area contributed by atoms with Crippen LogP contribution in [0.3, 0.4) is 0 Å². The molecule has 2 nitrogen and oxygen atoms in total. The van der Waals surface area contributed by atoms with E-state index in [-0.39, 0.29) is 0 Å². The van der Waals surface area contributed by atoms with Crippen LogP contribution in [0.2, 0.25) is 0 Å². The lowest BCUT2D eigenvalue weighted by molar-refractivity contribution is 0.348. The van der Waals surface area contributed by atoms with Crippen molar-refractivity contribution < 1.29 is 4.74 Å². The second kappa shape index (κ2) is 7.13. The zero-order valence-electron chi connectivity index (χ0n) is 11.2. The molecule has 0 aliphatic carbocycles. The number of nitrogens with one attached hydrogen (secondary N) is 1. The summed E-state index contributed by atoms with van der Waals surface area (Å²) in [5.41, 5.74) is 3.54. The minimum Gasteiger partial charge on any atom is -0.489 e. The van der Waals surface area contributed by atoms with Crippen LogP contribution in [0.15, 0.2) is 30.4 Å². The van der Waals surface area contributed by atoms with Gasteiger partial charge in [0, 0.05) is 6.54 Å². The summed E-state index contributed by atoms with van der Waals surface area (Å²) in [5, 5.41) is 3.31. The van der Waals surface area contributed by atoms with Crippen molar-refractivity contribution in [1.82, 2.24) is 5.32 Å². The fourth-order valence-corrected chi connectivity index (χ4v) is 1.69. The molecular weight excluding hydrogens is 210 g/mol. The molecule has 1 aromatic carbocycles. The van der Waals surface area contributed by atoms with Gasteiger partial charge in [-0.3, -0.25) is 0 Å². The lowest BCUT2D eigenvalue weighted by atomic mass is 10.1. The molecule has 0 unspecified atom stereocenters. The molecule has 0 radical (unpaired) electrons. The van der Waals surface area contributed by atoms with E-state index in [1.54, 1.807) is 0 Å². The second-order valence-electron chi connectivity index (χ2n) is 4.54. The predicted molar refractivity (Wildman–Crippen MR) is 73.7 cm³/mol. The van der Waals surface area contributed by atoms with Crippen molar-refractivity contribution in [3.63, 3.8) is 0 Å². The van der Waals surface area contributed by atoms with E-state index < -0.39 is 0 Å². The van der Waals surface area contributed by atoms with Gasteiger partial charge >= 0.3 is 0 Å². The molecule has 94 valence electrons. The highest BCUT2D eigenvalue weighted by Gasteiger charge is 1.99. The monoisotopic (exact) mass is 233 g/mol. The third-order valence-corrected chi connectivity index (χ3v) is 2.44. The summed E-state index contributed by atoms with van der Waals surface area (Å²) in [6, 6.07) is 6.25. The SMILES string of the molecule is C=C(CNCCC)COc1cc(C)cc(C)c1. The van der Waals surface area contributed by atoms with Gasteiger partial charge in [-0.1, -0.05) is 19.6 Å². The Labute approximate surface area is 105 Å². The van der Waals surface area contributed by atoms with Crippen molar-refractivity contribution in [1.29, 1.82) is 0 Å². The van der Waals surface area contributed by atoms with Gasteiger partial charge in [-0.2, -0.15) is 0 Å². The Balaban J connectivity index is 2.36. The smallest absolute Gasteiger partial charge is 0.120 e. The zero-order chi connectivity index (χ0) is 12.7. The van der Waals surface area contributed by atoms with Gasteiger partial charge in [0.2, 0.25) is 0 Å². The summed E-state index contributed by atoms with van der Waals surface area (Å²) >= 11 is 0. The minimum absolute atomic E-state index is 0.583. The highest BCUT2D eigenvalue weighted by atomic mass is 16.5. The summed E-state index contributed by atoms with van der Waals surface area (Å²) < 4.78 is 5.72. The molecular formula is C15H23NO. The van der Waals surface area contributed by atoms with Crippen LogP contribution in [-0.2, 0) is 0 Å². The van der Waals surface area contributed by atoms with Gasteiger partial charge in [-0.15, -0.1) is 0 Å². The van der Waals surface area contributed by atoms with Gasteiger partial charge in [-0.05, 0) is 55.6 Å². The van der Waals surface area contributed by atoms with Crippen LogP contribution < -0.4 is 10.1 Å². The van der Waals surface area contributed by atoms with Gasteiger partial charge in [0.25, 0.3) is 0 Å². The molecule has 0 aromatic heterocycles. The van der Waals surface area contributed by atoms with Crippen molar-refractivity contribution in [3.05, 3.63) is 41.5 Å².